The van der Waals surface area contributed by atoms with E-state index >= 15 is 0 Å². The van der Waals surface area contributed by atoms with Gasteiger partial charge in [0.25, 0.3) is 5.91 Å². The monoisotopic (exact) mass is 361 g/mol. The third-order valence-electron chi connectivity index (χ3n) is 4.03. The lowest BCUT2D eigenvalue weighted by atomic mass is 10.0. The molecule has 6 heteroatoms. The third-order valence-corrected chi connectivity index (χ3v) is 4.32. The second-order valence-electron chi connectivity index (χ2n) is 5.76. The predicted molar refractivity (Wildman–Crippen MR) is 100.0 cm³/mol. The van der Waals surface area contributed by atoms with Crippen molar-refractivity contribution in [1.82, 2.24) is 9.88 Å². The summed E-state index contributed by atoms with van der Waals surface area (Å²) >= 11 is 6.25. The number of nitrogens with zero attached hydrogens (tertiary/aromatic N) is 2. The number of ether oxygens (including phenoxy) is 1. The molecule has 2 aromatic rings. The third kappa shape index (κ3) is 4.94. The van der Waals surface area contributed by atoms with Crippen LogP contribution >= 0.6 is 11.6 Å². The van der Waals surface area contributed by atoms with Crippen LogP contribution in [0.1, 0.15) is 41.7 Å². The fourth-order valence-corrected chi connectivity index (χ4v) is 2.90. The fraction of sp³-hybridized carbons (Fsp3) is 0.368. The Morgan fingerprint density at radius 3 is 2.80 bits per heavy atom. The van der Waals surface area contributed by atoms with Gasteiger partial charge in [-0.05, 0) is 49.2 Å². The molecule has 0 radical (unpaired) electrons. The van der Waals surface area contributed by atoms with Gasteiger partial charge in [-0.15, -0.1) is 0 Å². The number of amides is 1. The largest absolute Gasteiger partial charge is 0.492 e. The molecule has 1 aromatic carbocycles. The topological polar surface area (TPSA) is 68.5 Å². The van der Waals surface area contributed by atoms with E-state index in [-0.39, 0.29) is 11.9 Å². The summed E-state index contributed by atoms with van der Waals surface area (Å²) in [5.74, 6) is 0.472. The van der Waals surface area contributed by atoms with Crippen molar-refractivity contribution < 1.29 is 9.53 Å². The van der Waals surface area contributed by atoms with Gasteiger partial charge in [-0.1, -0.05) is 24.6 Å². The van der Waals surface area contributed by atoms with Crippen molar-refractivity contribution >= 4 is 17.5 Å². The number of hydrogen-bond acceptors (Lipinski definition) is 4. The van der Waals surface area contributed by atoms with Gasteiger partial charge in [0.15, 0.2) is 0 Å². The SMILES string of the molecule is CC[C@@H](c1cccnc1)N(C)C(=O)c1ccc(OCCCN)c(Cl)c1. The molecule has 5 nitrogen and oxygen atoms in total. The van der Waals surface area contributed by atoms with Gasteiger partial charge in [-0.2, -0.15) is 0 Å². The maximum atomic E-state index is 12.8. The average Bonchev–Trinajstić information content (AvgIpc) is 2.64. The smallest absolute Gasteiger partial charge is 0.254 e. The van der Waals surface area contributed by atoms with Gasteiger partial charge in [-0.3, -0.25) is 9.78 Å². The lowest BCUT2D eigenvalue weighted by Crippen LogP contribution is -2.31. The molecule has 0 aliphatic rings. The molecule has 0 bridgehead atoms. The van der Waals surface area contributed by atoms with E-state index < -0.39 is 0 Å². The summed E-state index contributed by atoms with van der Waals surface area (Å²) in [5.41, 5.74) is 6.99. The van der Waals surface area contributed by atoms with Crippen molar-refractivity contribution in [2.75, 3.05) is 20.2 Å². The molecule has 1 aromatic heterocycles. The quantitative estimate of drug-likeness (QED) is 0.728. The highest BCUT2D eigenvalue weighted by Crippen LogP contribution is 2.28. The molecule has 0 fully saturated rings. The van der Waals surface area contributed by atoms with E-state index in [4.69, 9.17) is 22.1 Å². The van der Waals surface area contributed by atoms with E-state index in [2.05, 4.69) is 4.98 Å². The normalized spacial score (nSPS) is 11.8. The van der Waals surface area contributed by atoms with Crippen molar-refractivity contribution in [3.8, 4) is 5.75 Å². The fourth-order valence-electron chi connectivity index (χ4n) is 2.67. The predicted octanol–water partition coefficient (Wildman–Crippen LogP) is 3.69. The summed E-state index contributed by atoms with van der Waals surface area (Å²) in [7, 11) is 1.79. The number of pyridine rings is 1. The highest BCUT2D eigenvalue weighted by atomic mass is 35.5. The van der Waals surface area contributed by atoms with Crippen LogP contribution in [0.5, 0.6) is 5.75 Å². The summed E-state index contributed by atoms with van der Waals surface area (Å²) in [5, 5.41) is 0.422. The number of halogens is 1. The molecule has 1 amide bonds. The first-order chi connectivity index (χ1) is 12.1. The summed E-state index contributed by atoms with van der Waals surface area (Å²) in [6.45, 7) is 3.11. The molecule has 2 rings (SSSR count). The minimum atomic E-state index is -0.0916. The first-order valence-electron chi connectivity index (χ1n) is 8.38. The van der Waals surface area contributed by atoms with Gasteiger partial charge >= 0.3 is 0 Å². The second kappa shape index (κ2) is 9.39. The number of carbonyl (C=O) groups excluding carboxylic acids is 1. The van der Waals surface area contributed by atoms with E-state index in [0.717, 1.165) is 18.4 Å². The first-order valence-corrected chi connectivity index (χ1v) is 8.75. The molecule has 25 heavy (non-hydrogen) atoms. The number of rotatable bonds is 8. The van der Waals surface area contributed by atoms with Gasteiger partial charge in [0, 0.05) is 25.0 Å². The highest BCUT2D eigenvalue weighted by molar-refractivity contribution is 6.32. The number of aromatic nitrogens is 1. The van der Waals surface area contributed by atoms with E-state index in [9.17, 15) is 4.79 Å². The molecule has 134 valence electrons. The van der Waals surface area contributed by atoms with E-state index in [1.165, 1.54) is 0 Å². The minimum Gasteiger partial charge on any atom is -0.492 e. The molecular weight excluding hydrogens is 338 g/mol. The Hall–Kier alpha value is -2.11. The molecule has 2 N–H and O–H groups in total. The van der Waals surface area contributed by atoms with Crippen LogP contribution in [-0.2, 0) is 0 Å². The van der Waals surface area contributed by atoms with Crippen molar-refractivity contribution in [1.29, 1.82) is 0 Å². The Bertz CT molecular complexity index is 694. The maximum Gasteiger partial charge on any atom is 0.254 e. The maximum absolute atomic E-state index is 12.8. The Balaban J connectivity index is 2.14. The van der Waals surface area contributed by atoms with Gasteiger partial charge in [0.05, 0.1) is 17.7 Å². The Kier molecular flexibility index (Phi) is 7.22. The zero-order chi connectivity index (χ0) is 18.2. The molecule has 0 aliphatic heterocycles. The van der Waals surface area contributed by atoms with Crippen molar-refractivity contribution in [2.24, 2.45) is 5.73 Å². The van der Waals surface area contributed by atoms with Crippen molar-refractivity contribution in [3.63, 3.8) is 0 Å². The standard InChI is InChI=1S/C19H24ClN3O2/c1-3-17(15-6-4-10-22-13-15)23(2)19(24)14-7-8-18(16(20)12-14)25-11-5-9-21/h4,6-8,10,12-13,17H,3,5,9,11,21H2,1-2H3/t17-/m0/s1. The van der Waals surface area contributed by atoms with E-state index in [0.29, 0.717) is 29.5 Å². The van der Waals surface area contributed by atoms with E-state index in [1.54, 1.807) is 42.5 Å². The van der Waals surface area contributed by atoms with Crippen molar-refractivity contribution in [3.05, 3.63) is 58.9 Å². The number of nitrogens with two attached hydrogens (primary N) is 1. The van der Waals surface area contributed by atoms with Crippen LogP contribution in [0.4, 0.5) is 0 Å². The van der Waals surface area contributed by atoms with Crippen LogP contribution in [0.2, 0.25) is 5.02 Å². The molecule has 0 unspecified atom stereocenters. The number of carbonyl (C=O) groups is 1. The van der Waals surface area contributed by atoms with Gasteiger partial charge < -0.3 is 15.4 Å². The summed E-state index contributed by atoms with van der Waals surface area (Å²) in [6.07, 6.45) is 5.06. The summed E-state index contributed by atoms with van der Waals surface area (Å²) in [6, 6.07) is 8.92. The highest BCUT2D eigenvalue weighted by Gasteiger charge is 2.22. The van der Waals surface area contributed by atoms with Crippen LogP contribution < -0.4 is 10.5 Å². The van der Waals surface area contributed by atoms with E-state index in [1.807, 2.05) is 19.1 Å². The number of benzene rings is 1. The Labute approximate surface area is 153 Å². The van der Waals surface area contributed by atoms with Gasteiger partial charge in [0.2, 0.25) is 0 Å². The molecule has 0 aliphatic carbocycles. The van der Waals surface area contributed by atoms with Crippen LogP contribution in [0.15, 0.2) is 42.7 Å². The molecule has 0 saturated carbocycles. The second-order valence-corrected chi connectivity index (χ2v) is 6.17. The van der Waals surface area contributed by atoms with Crippen molar-refractivity contribution in [2.45, 2.75) is 25.8 Å². The minimum absolute atomic E-state index is 0.0412. The van der Waals surface area contributed by atoms with Crippen LogP contribution in [0.25, 0.3) is 0 Å². The summed E-state index contributed by atoms with van der Waals surface area (Å²) in [4.78, 5) is 18.7. The summed E-state index contributed by atoms with van der Waals surface area (Å²) < 4.78 is 5.57. The van der Waals surface area contributed by atoms with Crippen LogP contribution in [0.3, 0.4) is 0 Å². The lowest BCUT2D eigenvalue weighted by molar-refractivity contribution is 0.0726. The molecule has 0 saturated heterocycles. The molecule has 0 spiro atoms. The van der Waals surface area contributed by atoms with Gasteiger partial charge in [-0.25, -0.2) is 0 Å². The lowest BCUT2D eigenvalue weighted by Gasteiger charge is -2.27. The zero-order valence-corrected chi connectivity index (χ0v) is 15.4. The molecule has 1 atom stereocenters. The zero-order valence-electron chi connectivity index (χ0n) is 14.6. The van der Waals surface area contributed by atoms with Crippen LogP contribution in [-0.4, -0.2) is 36.0 Å². The Morgan fingerprint density at radius 2 is 2.20 bits per heavy atom. The molecule has 1 heterocycles. The van der Waals surface area contributed by atoms with Crippen LogP contribution in [0, 0.1) is 0 Å². The first kappa shape index (κ1) is 19.2. The number of hydrogen-bond donors (Lipinski definition) is 1. The van der Waals surface area contributed by atoms with Gasteiger partial charge in [0.1, 0.15) is 5.75 Å². The molecular formula is C19H24ClN3O2. The Morgan fingerprint density at radius 1 is 1.40 bits per heavy atom. The average molecular weight is 362 g/mol.